The van der Waals surface area contributed by atoms with Crippen LogP contribution >= 0.6 is 0 Å². The van der Waals surface area contributed by atoms with Gasteiger partial charge in [-0.1, -0.05) is 12.1 Å². The van der Waals surface area contributed by atoms with Crippen LogP contribution in [0.1, 0.15) is 23.2 Å². The molecule has 0 unspecified atom stereocenters. The Balaban J connectivity index is 1.67. The summed E-state index contributed by atoms with van der Waals surface area (Å²) in [5.74, 6) is -0.263. The molecule has 6 nitrogen and oxygen atoms in total. The number of nitrogens with zero attached hydrogens (tertiary/aromatic N) is 2. The number of hydrogen-bond acceptors (Lipinski definition) is 4. The van der Waals surface area contributed by atoms with Gasteiger partial charge < -0.3 is 19.6 Å². The molecule has 2 aliphatic heterocycles. The molecule has 0 radical (unpaired) electrons. The van der Waals surface area contributed by atoms with E-state index in [4.69, 9.17) is 4.74 Å². The summed E-state index contributed by atoms with van der Waals surface area (Å²) in [6.07, 6.45) is 1.61. The van der Waals surface area contributed by atoms with Crippen molar-refractivity contribution in [3.05, 3.63) is 29.8 Å². The number of phenolic OH excluding ortho intramolecular Hbond substituents is 1. The molecule has 0 aliphatic carbocycles. The van der Waals surface area contributed by atoms with Gasteiger partial charge in [-0.25, -0.2) is 0 Å². The number of phenols is 1. The first-order valence-electron chi connectivity index (χ1n) is 8.10. The van der Waals surface area contributed by atoms with E-state index in [1.165, 1.54) is 6.07 Å². The topological polar surface area (TPSA) is 70.1 Å². The van der Waals surface area contributed by atoms with Crippen LogP contribution in [0.2, 0.25) is 0 Å². The van der Waals surface area contributed by atoms with E-state index in [-0.39, 0.29) is 23.5 Å². The van der Waals surface area contributed by atoms with E-state index in [1.54, 1.807) is 23.1 Å². The Kier molecular flexibility index (Phi) is 4.81. The lowest BCUT2D eigenvalue weighted by molar-refractivity contribution is -0.141. The average Bonchev–Trinajstić information content (AvgIpc) is 2.62. The van der Waals surface area contributed by atoms with Gasteiger partial charge in [-0.3, -0.25) is 9.59 Å². The summed E-state index contributed by atoms with van der Waals surface area (Å²) in [6.45, 7) is 3.47. The number of carbonyl (C=O) groups excluding carboxylic acids is 2. The van der Waals surface area contributed by atoms with Gasteiger partial charge in [-0.2, -0.15) is 0 Å². The molecule has 1 N–H and O–H groups in total. The molecule has 2 fully saturated rings. The van der Waals surface area contributed by atoms with Crippen LogP contribution in [0.3, 0.4) is 0 Å². The van der Waals surface area contributed by atoms with Gasteiger partial charge in [0.05, 0.1) is 24.7 Å². The molecule has 124 valence electrons. The second-order valence-corrected chi connectivity index (χ2v) is 6.05. The van der Waals surface area contributed by atoms with Crippen molar-refractivity contribution >= 4 is 11.8 Å². The van der Waals surface area contributed by atoms with E-state index in [0.29, 0.717) is 45.0 Å². The smallest absolute Gasteiger partial charge is 0.257 e. The average molecular weight is 318 g/mol. The highest BCUT2D eigenvalue weighted by atomic mass is 16.5. The van der Waals surface area contributed by atoms with E-state index in [1.807, 2.05) is 4.90 Å². The molecule has 0 aromatic heterocycles. The van der Waals surface area contributed by atoms with Crippen LogP contribution in [0.5, 0.6) is 5.75 Å². The van der Waals surface area contributed by atoms with Gasteiger partial charge in [-0.15, -0.1) is 0 Å². The highest BCUT2D eigenvalue weighted by Crippen LogP contribution is 2.24. The number of aromatic hydroxyl groups is 1. The number of piperidine rings is 1. The Morgan fingerprint density at radius 1 is 1.09 bits per heavy atom. The van der Waals surface area contributed by atoms with Crippen molar-refractivity contribution in [2.45, 2.75) is 12.8 Å². The molecule has 1 atom stereocenters. The van der Waals surface area contributed by atoms with E-state index in [9.17, 15) is 14.7 Å². The largest absolute Gasteiger partial charge is 0.507 e. The number of para-hydroxylation sites is 1. The van der Waals surface area contributed by atoms with Crippen molar-refractivity contribution in [3.8, 4) is 5.75 Å². The molecule has 2 amide bonds. The minimum atomic E-state index is -0.206. The van der Waals surface area contributed by atoms with E-state index in [2.05, 4.69) is 0 Å². The van der Waals surface area contributed by atoms with Crippen LogP contribution in [0.25, 0.3) is 0 Å². The molecular weight excluding hydrogens is 296 g/mol. The van der Waals surface area contributed by atoms with E-state index >= 15 is 0 Å². The number of carbonyl (C=O) groups is 2. The standard InChI is InChI=1S/C17H22N2O4/c20-15-6-2-1-5-14(15)17(22)19-7-3-4-13(12-19)16(21)18-8-10-23-11-9-18/h1-2,5-6,13,20H,3-4,7-12H2/t13-/m0/s1. The van der Waals surface area contributed by atoms with E-state index < -0.39 is 0 Å². The molecule has 2 aliphatic rings. The number of amides is 2. The molecule has 0 bridgehead atoms. The Bertz CT molecular complexity index is 584. The van der Waals surface area contributed by atoms with Crippen molar-refractivity contribution in [2.24, 2.45) is 5.92 Å². The molecule has 2 heterocycles. The van der Waals surface area contributed by atoms with Gasteiger partial charge in [0, 0.05) is 26.2 Å². The van der Waals surface area contributed by atoms with Gasteiger partial charge >= 0.3 is 0 Å². The first-order chi connectivity index (χ1) is 11.2. The van der Waals surface area contributed by atoms with Crippen molar-refractivity contribution in [3.63, 3.8) is 0 Å². The minimum Gasteiger partial charge on any atom is -0.507 e. The quantitative estimate of drug-likeness (QED) is 0.886. The molecule has 0 saturated carbocycles. The number of benzene rings is 1. The Morgan fingerprint density at radius 2 is 1.83 bits per heavy atom. The third-order valence-electron chi connectivity index (χ3n) is 4.52. The zero-order chi connectivity index (χ0) is 16.2. The van der Waals surface area contributed by atoms with Gasteiger partial charge in [0.15, 0.2) is 0 Å². The fraction of sp³-hybridized carbons (Fsp3) is 0.529. The zero-order valence-electron chi connectivity index (χ0n) is 13.1. The SMILES string of the molecule is O=C(c1ccccc1O)N1CCC[C@H](C(=O)N2CCOCC2)C1. The second kappa shape index (κ2) is 7.00. The minimum absolute atomic E-state index is 0.0147. The van der Waals surface area contributed by atoms with Crippen LogP contribution < -0.4 is 0 Å². The van der Waals surface area contributed by atoms with Crippen LogP contribution in [0.15, 0.2) is 24.3 Å². The maximum absolute atomic E-state index is 12.6. The summed E-state index contributed by atoms with van der Waals surface area (Å²) in [5.41, 5.74) is 0.298. The molecule has 0 spiro atoms. The fourth-order valence-corrected chi connectivity index (χ4v) is 3.23. The second-order valence-electron chi connectivity index (χ2n) is 6.05. The molecule has 3 rings (SSSR count). The van der Waals surface area contributed by atoms with Crippen molar-refractivity contribution in [2.75, 3.05) is 39.4 Å². The van der Waals surface area contributed by atoms with Crippen LogP contribution in [0, 0.1) is 5.92 Å². The molecule has 1 aromatic rings. The van der Waals surface area contributed by atoms with Gasteiger partial charge in [-0.05, 0) is 25.0 Å². The van der Waals surface area contributed by atoms with Crippen LogP contribution in [-0.2, 0) is 9.53 Å². The normalized spacial score (nSPS) is 22.0. The summed E-state index contributed by atoms with van der Waals surface area (Å²) >= 11 is 0. The summed E-state index contributed by atoms with van der Waals surface area (Å²) < 4.78 is 5.28. The maximum atomic E-state index is 12.6. The lowest BCUT2D eigenvalue weighted by Crippen LogP contribution is -2.49. The summed E-state index contributed by atoms with van der Waals surface area (Å²) in [5, 5.41) is 9.85. The van der Waals surface area contributed by atoms with Gasteiger partial charge in [0.25, 0.3) is 5.91 Å². The van der Waals surface area contributed by atoms with Gasteiger partial charge in [0.2, 0.25) is 5.91 Å². The molecular formula is C17H22N2O4. The number of morpholine rings is 1. The summed E-state index contributed by atoms with van der Waals surface area (Å²) in [4.78, 5) is 28.7. The Morgan fingerprint density at radius 3 is 2.57 bits per heavy atom. The third-order valence-corrected chi connectivity index (χ3v) is 4.52. The first kappa shape index (κ1) is 15.8. The number of likely N-dealkylation sites (tertiary alicyclic amines) is 1. The van der Waals surface area contributed by atoms with E-state index in [0.717, 1.165) is 12.8 Å². The predicted molar refractivity (Wildman–Crippen MR) is 84.1 cm³/mol. The fourth-order valence-electron chi connectivity index (χ4n) is 3.23. The molecule has 2 saturated heterocycles. The van der Waals surface area contributed by atoms with Crippen LogP contribution in [-0.4, -0.2) is 66.1 Å². The number of ether oxygens (including phenoxy) is 1. The number of rotatable bonds is 2. The lowest BCUT2D eigenvalue weighted by atomic mass is 9.95. The predicted octanol–water partition coefficient (Wildman–Crippen LogP) is 1.10. The molecule has 1 aromatic carbocycles. The van der Waals surface area contributed by atoms with Crippen molar-refractivity contribution < 1.29 is 19.4 Å². The number of hydrogen-bond donors (Lipinski definition) is 1. The first-order valence-corrected chi connectivity index (χ1v) is 8.10. The molecule has 6 heteroatoms. The summed E-state index contributed by atoms with van der Waals surface area (Å²) in [6, 6.07) is 6.54. The highest BCUT2D eigenvalue weighted by molar-refractivity contribution is 5.97. The third kappa shape index (κ3) is 3.47. The monoisotopic (exact) mass is 318 g/mol. The summed E-state index contributed by atoms with van der Waals surface area (Å²) in [7, 11) is 0. The van der Waals surface area contributed by atoms with Crippen molar-refractivity contribution in [1.29, 1.82) is 0 Å². The molecule has 23 heavy (non-hydrogen) atoms. The maximum Gasteiger partial charge on any atom is 0.257 e. The Hall–Kier alpha value is -2.08. The van der Waals surface area contributed by atoms with Crippen LogP contribution in [0.4, 0.5) is 0 Å². The lowest BCUT2D eigenvalue weighted by Gasteiger charge is -2.36. The highest BCUT2D eigenvalue weighted by Gasteiger charge is 2.32. The van der Waals surface area contributed by atoms with Gasteiger partial charge in [0.1, 0.15) is 5.75 Å². The Labute approximate surface area is 135 Å². The van der Waals surface area contributed by atoms with Crippen molar-refractivity contribution in [1.82, 2.24) is 9.80 Å². The zero-order valence-corrected chi connectivity index (χ0v) is 13.1.